The molecule has 0 atom stereocenters. The molecule has 1 aromatic rings. The number of rotatable bonds is 8. The minimum atomic E-state index is -0.887. The summed E-state index contributed by atoms with van der Waals surface area (Å²) in [6.07, 6.45) is 2.03. The Morgan fingerprint density at radius 2 is 2.00 bits per heavy atom. The number of hydrogen-bond donors (Lipinski definition) is 3. The monoisotopic (exact) mass is 292 g/mol. The van der Waals surface area contributed by atoms with Gasteiger partial charge in [0.1, 0.15) is 0 Å². The summed E-state index contributed by atoms with van der Waals surface area (Å²) in [6, 6.07) is 6.92. The third-order valence-electron chi connectivity index (χ3n) is 3.42. The molecule has 0 unspecified atom stereocenters. The number of carboxylic acid groups (broad SMARTS) is 1. The lowest BCUT2D eigenvalue weighted by molar-refractivity contribution is -0.136. The molecule has 21 heavy (non-hydrogen) atoms. The molecule has 1 amide bonds. The van der Waals surface area contributed by atoms with Gasteiger partial charge in [0.15, 0.2) is 0 Å². The molecule has 5 heteroatoms. The second-order valence-corrected chi connectivity index (χ2v) is 6.02. The number of aliphatic carboxylic acids is 1. The number of nitrogens with two attached hydrogens (primary N) is 1. The summed E-state index contributed by atoms with van der Waals surface area (Å²) in [5.74, 6) is -0.949. The fourth-order valence-electron chi connectivity index (χ4n) is 2.12. The zero-order valence-corrected chi connectivity index (χ0v) is 12.7. The van der Waals surface area contributed by atoms with E-state index in [2.05, 4.69) is 19.2 Å². The summed E-state index contributed by atoms with van der Waals surface area (Å²) < 4.78 is 0. The van der Waals surface area contributed by atoms with Crippen LogP contribution in [0, 0.1) is 5.41 Å². The van der Waals surface area contributed by atoms with E-state index in [1.165, 1.54) is 0 Å². The van der Waals surface area contributed by atoms with Gasteiger partial charge in [0.25, 0.3) is 0 Å². The Balaban J connectivity index is 2.53. The molecule has 0 aliphatic carbocycles. The van der Waals surface area contributed by atoms with Gasteiger partial charge in [-0.05, 0) is 42.5 Å². The molecule has 5 nitrogen and oxygen atoms in total. The first kappa shape index (κ1) is 17.2. The standard InChI is InChI=1S/C16H24N2O3/c1-16(2,8-9-17)7-6-14(19)18-13-5-3-4-12(10-13)11-15(20)21/h3-5,10H,6-9,11,17H2,1-2H3,(H,18,19)(H,20,21). The van der Waals surface area contributed by atoms with Crippen molar-refractivity contribution in [1.29, 1.82) is 0 Å². The van der Waals surface area contributed by atoms with Gasteiger partial charge in [-0.3, -0.25) is 9.59 Å². The van der Waals surface area contributed by atoms with Crippen LogP contribution in [0.1, 0.15) is 38.7 Å². The second kappa shape index (κ2) is 7.78. The molecule has 1 rings (SSSR count). The highest BCUT2D eigenvalue weighted by Gasteiger charge is 2.18. The first-order valence-electron chi connectivity index (χ1n) is 7.13. The van der Waals surface area contributed by atoms with Crippen molar-refractivity contribution in [3.63, 3.8) is 0 Å². The van der Waals surface area contributed by atoms with E-state index in [9.17, 15) is 9.59 Å². The molecule has 116 valence electrons. The number of carbonyl (C=O) groups is 2. The summed E-state index contributed by atoms with van der Waals surface area (Å²) >= 11 is 0. The number of amides is 1. The van der Waals surface area contributed by atoms with Gasteiger partial charge < -0.3 is 16.2 Å². The van der Waals surface area contributed by atoms with Crippen molar-refractivity contribution >= 4 is 17.6 Å². The van der Waals surface area contributed by atoms with Crippen molar-refractivity contribution in [2.24, 2.45) is 11.1 Å². The van der Waals surface area contributed by atoms with E-state index in [0.717, 1.165) is 12.8 Å². The van der Waals surface area contributed by atoms with Gasteiger partial charge in [-0.1, -0.05) is 26.0 Å². The van der Waals surface area contributed by atoms with E-state index in [0.29, 0.717) is 24.2 Å². The minimum Gasteiger partial charge on any atom is -0.481 e. The summed E-state index contributed by atoms with van der Waals surface area (Å²) in [5, 5.41) is 11.6. The summed E-state index contributed by atoms with van der Waals surface area (Å²) in [5.41, 5.74) is 6.91. The fourth-order valence-corrected chi connectivity index (χ4v) is 2.12. The Kier molecular flexibility index (Phi) is 6.37. The Morgan fingerprint density at radius 1 is 1.29 bits per heavy atom. The van der Waals surface area contributed by atoms with Crippen LogP contribution in [0.3, 0.4) is 0 Å². The Hall–Kier alpha value is -1.88. The largest absolute Gasteiger partial charge is 0.481 e. The molecule has 0 bridgehead atoms. The third-order valence-corrected chi connectivity index (χ3v) is 3.42. The fraction of sp³-hybridized carbons (Fsp3) is 0.500. The number of carboxylic acids is 1. The van der Waals surface area contributed by atoms with Crippen LogP contribution in [0.4, 0.5) is 5.69 Å². The van der Waals surface area contributed by atoms with Crippen molar-refractivity contribution in [3.05, 3.63) is 29.8 Å². The molecule has 0 aliphatic rings. The van der Waals surface area contributed by atoms with E-state index in [4.69, 9.17) is 10.8 Å². The van der Waals surface area contributed by atoms with Gasteiger partial charge in [0.05, 0.1) is 6.42 Å². The van der Waals surface area contributed by atoms with Gasteiger partial charge >= 0.3 is 5.97 Å². The van der Waals surface area contributed by atoms with Gasteiger partial charge in [0.2, 0.25) is 5.91 Å². The summed E-state index contributed by atoms with van der Waals surface area (Å²) in [4.78, 5) is 22.6. The lowest BCUT2D eigenvalue weighted by Crippen LogP contribution is -2.20. The topological polar surface area (TPSA) is 92.4 Å². The number of anilines is 1. The van der Waals surface area contributed by atoms with E-state index in [1.807, 2.05) is 0 Å². The lowest BCUT2D eigenvalue weighted by atomic mass is 9.84. The maximum absolute atomic E-state index is 11.9. The molecule has 0 aliphatic heterocycles. The van der Waals surface area contributed by atoms with Gasteiger partial charge in [-0.2, -0.15) is 0 Å². The molecule has 0 fully saturated rings. The highest BCUT2D eigenvalue weighted by atomic mass is 16.4. The molecule has 0 heterocycles. The zero-order chi connectivity index (χ0) is 15.9. The van der Waals surface area contributed by atoms with Crippen LogP contribution in [-0.2, 0) is 16.0 Å². The van der Waals surface area contributed by atoms with Crippen LogP contribution in [0.2, 0.25) is 0 Å². The van der Waals surface area contributed by atoms with Crippen molar-refractivity contribution in [2.75, 3.05) is 11.9 Å². The van der Waals surface area contributed by atoms with Gasteiger partial charge in [-0.15, -0.1) is 0 Å². The van der Waals surface area contributed by atoms with Crippen LogP contribution in [-0.4, -0.2) is 23.5 Å². The first-order valence-corrected chi connectivity index (χ1v) is 7.13. The van der Waals surface area contributed by atoms with Crippen LogP contribution >= 0.6 is 0 Å². The number of carbonyl (C=O) groups excluding carboxylic acids is 1. The number of nitrogens with one attached hydrogen (secondary N) is 1. The van der Waals surface area contributed by atoms with Crippen LogP contribution in [0.25, 0.3) is 0 Å². The molecule has 4 N–H and O–H groups in total. The van der Waals surface area contributed by atoms with Crippen LogP contribution < -0.4 is 11.1 Å². The highest BCUT2D eigenvalue weighted by molar-refractivity contribution is 5.90. The quantitative estimate of drug-likeness (QED) is 0.686. The van der Waals surface area contributed by atoms with E-state index >= 15 is 0 Å². The second-order valence-electron chi connectivity index (χ2n) is 6.02. The maximum Gasteiger partial charge on any atom is 0.307 e. The Morgan fingerprint density at radius 3 is 2.62 bits per heavy atom. The molecule has 1 aromatic carbocycles. The molecule has 0 spiro atoms. The molecule has 0 aromatic heterocycles. The smallest absolute Gasteiger partial charge is 0.307 e. The predicted molar refractivity (Wildman–Crippen MR) is 83.1 cm³/mol. The Labute approximate surface area is 125 Å². The van der Waals surface area contributed by atoms with Crippen molar-refractivity contribution in [1.82, 2.24) is 0 Å². The average Bonchev–Trinajstić information content (AvgIpc) is 2.36. The SMILES string of the molecule is CC(C)(CCN)CCC(=O)Nc1cccc(CC(=O)O)c1. The number of hydrogen-bond acceptors (Lipinski definition) is 3. The molecule has 0 radical (unpaired) electrons. The van der Waals surface area contributed by atoms with E-state index < -0.39 is 5.97 Å². The van der Waals surface area contributed by atoms with Crippen LogP contribution in [0.15, 0.2) is 24.3 Å². The Bertz CT molecular complexity index is 498. The molecular formula is C16H24N2O3. The van der Waals surface area contributed by atoms with E-state index in [1.54, 1.807) is 24.3 Å². The molecule has 0 saturated heterocycles. The van der Waals surface area contributed by atoms with Gasteiger partial charge in [-0.25, -0.2) is 0 Å². The maximum atomic E-state index is 11.9. The highest BCUT2D eigenvalue weighted by Crippen LogP contribution is 2.26. The van der Waals surface area contributed by atoms with Crippen molar-refractivity contribution in [2.45, 2.75) is 39.5 Å². The average molecular weight is 292 g/mol. The number of benzene rings is 1. The molecule has 0 saturated carbocycles. The lowest BCUT2D eigenvalue weighted by Gasteiger charge is -2.23. The summed E-state index contributed by atoms with van der Waals surface area (Å²) in [7, 11) is 0. The normalized spacial score (nSPS) is 11.2. The summed E-state index contributed by atoms with van der Waals surface area (Å²) in [6.45, 7) is 4.81. The first-order chi connectivity index (χ1) is 9.82. The third kappa shape index (κ3) is 6.90. The van der Waals surface area contributed by atoms with Crippen molar-refractivity contribution < 1.29 is 14.7 Å². The molecular weight excluding hydrogens is 268 g/mol. The minimum absolute atomic E-state index is 0.0484. The van der Waals surface area contributed by atoms with Gasteiger partial charge in [0, 0.05) is 12.1 Å². The van der Waals surface area contributed by atoms with Crippen molar-refractivity contribution in [3.8, 4) is 0 Å². The van der Waals surface area contributed by atoms with E-state index in [-0.39, 0.29) is 17.7 Å². The zero-order valence-electron chi connectivity index (χ0n) is 12.7. The van der Waals surface area contributed by atoms with Crippen LogP contribution in [0.5, 0.6) is 0 Å². The predicted octanol–water partition coefficient (Wildman–Crippen LogP) is 2.41.